The number of carbonyl (C=O) groups excluding carboxylic acids is 1. The van der Waals surface area contributed by atoms with Crippen LogP contribution in [0.25, 0.3) is 10.8 Å². The van der Waals surface area contributed by atoms with Crippen LogP contribution in [-0.4, -0.2) is 49.2 Å². The quantitative estimate of drug-likeness (QED) is 0.612. The van der Waals surface area contributed by atoms with E-state index >= 15 is 0 Å². The van der Waals surface area contributed by atoms with Crippen molar-refractivity contribution in [3.05, 3.63) is 42.5 Å². The molecule has 1 amide bonds. The molecule has 3 rings (SSSR count). The first-order valence-corrected chi connectivity index (χ1v) is 12.6. The number of amides is 1. The molecule has 1 heterocycles. The second-order valence-electron chi connectivity index (χ2n) is 8.33. The van der Waals surface area contributed by atoms with E-state index in [1.165, 1.54) is 0 Å². The molecule has 1 saturated heterocycles. The number of nitrogens with zero attached hydrogens (tertiary/aromatic N) is 2. The van der Waals surface area contributed by atoms with Crippen LogP contribution in [-0.2, 0) is 14.8 Å². The van der Waals surface area contributed by atoms with Gasteiger partial charge in [-0.25, -0.2) is 8.42 Å². The van der Waals surface area contributed by atoms with E-state index < -0.39 is 10.0 Å². The number of unbranched alkanes of at least 4 members (excludes halogenated alkanes) is 1. The summed E-state index contributed by atoms with van der Waals surface area (Å²) < 4.78 is 27.9. The molecule has 0 saturated carbocycles. The summed E-state index contributed by atoms with van der Waals surface area (Å²) in [6, 6.07) is 13.3. The normalized spacial score (nSPS) is 17.2. The lowest BCUT2D eigenvalue weighted by molar-refractivity contribution is -0.139. The third-order valence-electron chi connectivity index (χ3n) is 6.32. The number of sulfonamides is 1. The van der Waals surface area contributed by atoms with Crippen LogP contribution in [0.1, 0.15) is 52.9 Å². The summed E-state index contributed by atoms with van der Waals surface area (Å²) in [6.45, 7) is 7.93. The first-order valence-electron chi connectivity index (χ1n) is 11.2. The molecule has 30 heavy (non-hydrogen) atoms. The van der Waals surface area contributed by atoms with Crippen molar-refractivity contribution in [2.75, 3.05) is 19.6 Å². The molecule has 0 radical (unpaired) electrons. The molecule has 2 aromatic rings. The molecule has 0 aromatic heterocycles. The number of hydrogen-bond acceptors (Lipinski definition) is 3. The van der Waals surface area contributed by atoms with Crippen molar-refractivity contribution in [3.63, 3.8) is 0 Å². The molecule has 0 bridgehead atoms. The first kappa shape index (κ1) is 22.8. The number of carbonyl (C=O) groups is 1. The summed E-state index contributed by atoms with van der Waals surface area (Å²) in [6.07, 6.45) is 4.17. The van der Waals surface area contributed by atoms with E-state index in [2.05, 4.69) is 20.8 Å². The average Bonchev–Trinajstić information content (AvgIpc) is 2.78. The minimum atomic E-state index is -3.55. The number of fused-ring (bicyclic) bond motifs is 1. The fraction of sp³-hybridized carbons (Fsp3) is 0.542. The largest absolute Gasteiger partial charge is 0.340 e. The standard InChI is InChI=1S/C24H34N2O3S/c1-4-6-15-26(19(3)5-2)24(27)21-13-16-25(17-14-21)30(28,29)23-12-11-20-9-7-8-10-22(20)18-23/h7-12,18-19,21H,4-6,13-17H2,1-3H3. The zero-order valence-electron chi connectivity index (χ0n) is 18.4. The third kappa shape index (κ3) is 4.86. The highest BCUT2D eigenvalue weighted by molar-refractivity contribution is 7.89. The Morgan fingerprint density at radius 3 is 2.40 bits per heavy atom. The van der Waals surface area contributed by atoms with Crippen molar-refractivity contribution in [2.45, 2.75) is 63.8 Å². The maximum Gasteiger partial charge on any atom is 0.243 e. The third-order valence-corrected chi connectivity index (χ3v) is 8.22. The average molecular weight is 431 g/mol. The molecule has 164 valence electrons. The van der Waals surface area contributed by atoms with Crippen LogP contribution in [0.5, 0.6) is 0 Å². The summed E-state index contributed by atoms with van der Waals surface area (Å²) in [4.78, 5) is 15.5. The highest BCUT2D eigenvalue weighted by Gasteiger charge is 2.34. The van der Waals surface area contributed by atoms with E-state index in [0.29, 0.717) is 30.8 Å². The van der Waals surface area contributed by atoms with Crippen molar-refractivity contribution in [3.8, 4) is 0 Å². The van der Waals surface area contributed by atoms with Crippen molar-refractivity contribution in [2.24, 2.45) is 5.92 Å². The lowest BCUT2D eigenvalue weighted by Crippen LogP contribution is -2.47. The maximum absolute atomic E-state index is 13.2. The maximum atomic E-state index is 13.2. The topological polar surface area (TPSA) is 57.7 Å². The molecule has 1 atom stereocenters. The second kappa shape index (κ2) is 9.92. The van der Waals surface area contributed by atoms with Gasteiger partial charge in [-0.3, -0.25) is 4.79 Å². The van der Waals surface area contributed by atoms with Crippen LogP contribution in [0.2, 0.25) is 0 Å². The molecular formula is C24H34N2O3S. The zero-order chi connectivity index (χ0) is 21.7. The van der Waals surface area contributed by atoms with Gasteiger partial charge in [-0.1, -0.05) is 50.6 Å². The molecule has 1 aliphatic rings. The van der Waals surface area contributed by atoms with E-state index in [0.717, 1.165) is 36.6 Å². The molecule has 1 unspecified atom stereocenters. The summed E-state index contributed by atoms with van der Waals surface area (Å²) >= 11 is 0. The lowest BCUT2D eigenvalue weighted by atomic mass is 9.95. The smallest absolute Gasteiger partial charge is 0.243 e. The minimum Gasteiger partial charge on any atom is -0.340 e. The Balaban J connectivity index is 1.69. The van der Waals surface area contributed by atoms with Gasteiger partial charge in [0.2, 0.25) is 15.9 Å². The Morgan fingerprint density at radius 2 is 1.77 bits per heavy atom. The number of piperidine rings is 1. The van der Waals surface area contributed by atoms with Gasteiger partial charge < -0.3 is 4.90 Å². The SMILES string of the molecule is CCCCN(C(=O)C1CCN(S(=O)(=O)c2ccc3ccccc3c2)CC1)C(C)CC. The fourth-order valence-corrected chi connectivity index (χ4v) is 5.66. The molecule has 0 aliphatic carbocycles. The molecule has 0 N–H and O–H groups in total. The van der Waals surface area contributed by atoms with Crippen LogP contribution in [0.15, 0.2) is 47.4 Å². The molecule has 1 aliphatic heterocycles. The first-order chi connectivity index (χ1) is 14.4. The van der Waals surface area contributed by atoms with Crippen molar-refractivity contribution in [1.29, 1.82) is 0 Å². The van der Waals surface area contributed by atoms with E-state index in [9.17, 15) is 13.2 Å². The molecule has 5 nitrogen and oxygen atoms in total. The van der Waals surface area contributed by atoms with Gasteiger partial charge in [-0.2, -0.15) is 4.31 Å². The number of benzene rings is 2. The Hall–Kier alpha value is -1.92. The molecule has 6 heteroatoms. The van der Waals surface area contributed by atoms with Gasteiger partial charge in [0.15, 0.2) is 0 Å². The molecule has 1 fully saturated rings. The van der Waals surface area contributed by atoms with Crippen LogP contribution in [0.4, 0.5) is 0 Å². The summed E-state index contributed by atoms with van der Waals surface area (Å²) in [7, 11) is -3.55. The van der Waals surface area contributed by atoms with Gasteiger partial charge in [0.1, 0.15) is 0 Å². The number of hydrogen-bond donors (Lipinski definition) is 0. The van der Waals surface area contributed by atoms with Crippen LogP contribution >= 0.6 is 0 Å². The van der Waals surface area contributed by atoms with Crippen LogP contribution < -0.4 is 0 Å². The van der Waals surface area contributed by atoms with Gasteiger partial charge in [0.25, 0.3) is 0 Å². The van der Waals surface area contributed by atoms with Crippen molar-refractivity contribution < 1.29 is 13.2 Å². The molecule has 2 aromatic carbocycles. The van der Waals surface area contributed by atoms with Crippen molar-refractivity contribution >= 4 is 26.7 Å². The van der Waals surface area contributed by atoms with Crippen LogP contribution in [0, 0.1) is 5.92 Å². The highest BCUT2D eigenvalue weighted by atomic mass is 32.2. The van der Waals surface area contributed by atoms with Crippen molar-refractivity contribution in [1.82, 2.24) is 9.21 Å². The minimum absolute atomic E-state index is 0.0843. The second-order valence-corrected chi connectivity index (χ2v) is 10.3. The molecular weight excluding hydrogens is 396 g/mol. The Kier molecular flexibility index (Phi) is 7.53. The van der Waals surface area contributed by atoms with Gasteiger partial charge >= 0.3 is 0 Å². The van der Waals surface area contributed by atoms with Gasteiger partial charge in [-0.15, -0.1) is 0 Å². The van der Waals surface area contributed by atoms with Crippen LogP contribution in [0.3, 0.4) is 0 Å². The predicted molar refractivity (Wildman–Crippen MR) is 122 cm³/mol. The number of rotatable bonds is 8. The monoisotopic (exact) mass is 430 g/mol. The highest BCUT2D eigenvalue weighted by Crippen LogP contribution is 2.27. The van der Waals surface area contributed by atoms with Gasteiger partial charge in [0, 0.05) is 31.6 Å². The van der Waals surface area contributed by atoms with E-state index in [4.69, 9.17) is 0 Å². The Morgan fingerprint density at radius 1 is 1.10 bits per heavy atom. The summed E-state index contributed by atoms with van der Waals surface area (Å²) in [5, 5.41) is 1.95. The zero-order valence-corrected chi connectivity index (χ0v) is 19.2. The summed E-state index contributed by atoms with van der Waals surface area (Å²) in [5.41, 5.74) is 0. The summed E-state index contributed by atoms with van der Waals surface area (Å²) in [5.74, 6) is 0.111. The Labute approximate surface area is 181 Å². The predicted octanol–water partition coefficient (Wildman–Crippen LogP) is 4.67. The van der Waals surface area contributed by atoms with E-state index in [-0.39, 0.29) is 17.9 Å². The van der Waals surface area contributed by atoms with Gasteiger partial charge in [0.05, 0.1) is 4.90 Å². The molecule has 0 spiro atoms. The van der Waals surface area contributed by atoms with E-state index in [1.54, 1.807) is 16.4 Å². The van der Waals surface area contributed by atoms with E-state index in [1.807, 2.05) is 35.2 Å². The fourth-order valence-electron chi connectivity index (χ4n) is 4.15. The lowest BCUT2D eigenvalue weighted by Gasteiger charge is -2.36. The Bertz CT molecular complexity index is 965. The van der Waals surface area contributed by atoms with Gasteiger partial charge in [-0.05, 0) is 55.5 Å².